The molecule has 1 aliphatic heterocycles. The van der Waals surface area contributed by atoms with E-state index in [1.165, 1.54) is 0 Å². The van der Waals surface area contributed by atoms with Gasteiger partial charge in [-0.2, -0.15) is 0 Å². The molecular formula is C18H21ClN2O4. The molecule has 0 aromatic heterocycles. The number of fused-ring (bicyclic) bond motifs is 1. The molecule has 1 saturated carbocycles. The molecule has 3 atom stereocenters. The highest BCUT2D eigenvalue weighted by Crippen LogP contribution is 2.41. The lowest BCUT2D eigenvalue weighted by Gasteiger charge is -2.33. The lowest BCUT2D eigenvalue weighted by molar-refractivity contribution is -0.151. The number of carbonyl (C=O) groups is 3. The number of amides is 2. The number of rotatable bonds is 4. The molecule has 2 N–H and O–H groups in total. The Hall–Kier alpha value is -2.08. The van der Waals surface area contributed by atoms with Gasteiger partial charge in [0.15, 0.2) is 6.61 Å². The molecular weight excluding hydrogens is 344 g/mol. The molecule has 1 saturated heterocycles. The number of benzene rings is 1. The molecule has 2 amide bonds. The molecule has 0 unspecified atom stereocenters. The zero-order valence-electron chi connectivity index (χ0n) is 13.8. The molecule has 1 aromatic carbocycles. The van der Waals surface area contributed by atoms with Crippen LogP contribution in [0.1, 0.15) is 42.5 Å². The third-order valence-corrected chi connectivity index (χ3v) is 5.26. The van der Waals surface area contributed by atoms with Crippen molar-refractivity contribution >= 4 is 29.4 Å². The predicted octanol–water partition coefficient (Wildman–Crippen LogP) is 2.14. The number of ether oxygens (including phenoxy) is 1. The van der Waals surface area contributed by atoms with E-state index in [1.807, 2.05) is 0 Å². The minimum atomic E-state index is -0.712. The molecule has 2 fully saturated rings. The number of halogens is 1. The average molecular weight is 365 g/mol. The van der Waals surface area contributed by atoms with E-state index in [0.717, 1.165) is 25.7 Å². The van der Waals surface area contributed by atoms with Crippen molar-refractivity contribution in [2.75, 3.05) is 6.61 Å². The molecule has 0 spiro atoms. The standard InChI is InChI=1S/C18H21ClN2O4/c19-13-6-3-5-12(8-13)17(23)21-14-7-2-1-4-11(14)9-15(21)18(24)25-10-16(20)22/h3,5-6,8,11,14-15H,1-2,4,7,9-10H2,(H2,20,22)/t11-,14+,15-/m0/s1. The maximum absolute atomic E-state index is 13.1. The van der Waals surface area contributed by atoms with Gasteiger partial charge in [0.1, 0.15) is 6.04 Å². The van der Waals surface area contributed by atoms with Crippen molar-refractivity contribution in [1.29, 1.82) is 0 Å². The smallest absolute Gasteiger partial charge is 0.329 e. The topological polar surface area (TPSA) is 89.7 Å². The number of nitrogens with two attached hydrogens (primary N) is 1. The highest BCUT2D eigenvalue weighted by Gasteiger charge is 2.48. The summed E-state index contributed by atoms with van der Waals surface area (Å²) in [4.78, 5) is 38.1. The Morgan fingerprint density at radius 3 is 2.72 bits per heavy atom. The minimum absolute atomic E-state index is 0.0198. The number of esters is 1. The van der Waals surface area contributed by atoms with Crippen molar-refractivity contribution in [3.8, 4) is 0 Å². The van der Waals surface area contributed by atoms with Crippen LogP contribution in [0.25, 0.3) is 0 Å². The number of primary amides is 1. The molecule has 25 heavy (non-hydrogen) atoms. The van der Waals surface area contributed by atoms with Gasteiger partial charge >= 0.3 is 5.97 Å². The molecule has 3 rings (SSSR count). The molecule has 1 aliphatic carbocycles. The van der Waals surface area contributed by atoms with Gasteiger partial charge in [-0.25, -0.2) is 4.79 Å². The van der Waals surface area contributed by atoms with Gasteiger partial charge in [-0.1, -0.05) is 30.5 Å². The first-order valence-electron chi connectivity index (χ1n) is 8.50. The highest BCUT2D eigenvalue weighted by molar-refractivity contribution is 6.31. The largest absolute Gasteiger partial charge is 0.454 e. The van der Waals surface area contributed by atoms with Crippen molar-refractivity contribution in [2.24, 2.45) is 11.7 Å². The van der Waals surface area contributed by atoms with E-state index in [1.54, 1.807) is 29.2 Å². The molecule has 0 bridgehead atoms. The van der Waals surface area contributed by atoms with Gasteiger partial charge in [-0.3, -0.25) is 9.59 Å². The molecule has 6 nitrogen and oxygen atoms in total. The van der Waals surface area contributed by atoms with Crippen LogP contribution in [0.3, 0.4) is 0 Å². The van der Waals surface area contributed by atoms with E-state index in [0.29, 0.717) is 17.0 Å². The van der Waals surface area contributed by atoms with E-state index < -0.39 is 24.5 Å². The Labute approximate surface area is 151 Å². The van der Waals surface area contributed by atoms with Gasteiger partial charge in [0.25, 0.3) is 11.8 Å². The van der Waals surface area contributed by atoms with E-state index >= 15 is 0 Å². The molecule has 2 aliphatic rings. The molecule has 7 heteroatoms. The van der Waals surface area contributed by atoms with Crippen molar-refractivity contribution in [3.05, 3.63) is 34.9 Å². The molecule has 0 radical (unpaired) electrons. The van der Waals surface area contributed by atoms with E-state index in [9.17, 15) is 14.4 Å². The Morgan fingerprint density at radius 1 is 1.24 bits per heavy atom. The summed E-state index contributed by atoms with van der Waals surface area (Å²) >= 11 is 6.00. The average Bonchev–Trinajstić information content (AvgIpc) is 2.98. The minimum Gasteiger partial charge on any atom is -0.454 e. The maximum atomic E-state index is 13.1. The van der Waals surface area contributed by atoms with Gasteiger partial charge in [0, 0.05) is 16.6 Å². The fourth-order valence-electron chi connectivity index (χ4n) is 3.97. The van der Waals surface area contributed by atoms with Crippen LogP contribution in [0.4, 0.5) is 0 Å². The van der Waals surface area contributed by atoms with Crippen LogP contribution in [0.15, 0.2) is 24.3 Å². The zero-order chi connectivity index (χ0) is 18.0. The molecule has 1 heterocycles. The van der Waals surface area contributed by atoms with Gasteiger partial charge in [-0.15, -0.1) is 0 Å². The Balaban J connectivity index is 1.86. The van der Waals surface area contributed by atoms with Gasteiger partial charge < -0.3 is 15.4 Å². The first-order chi connectivity index (χ1) is 12.0. The molecule has 134 valence electrons. The summed E-state index contributed by atoms with van der Waals surface area (Å²) in [6.45, 7) is -0.468. The summed E-state index contributed by atoms with van der Waals surface area (Å²) in [5.41, 5.74) is 5.50. The second kappa shape index (κ2) is 7.44. The van der Waals surface area contributed by atoms with Crippen LogP contribution in [-0.4, -0.2) is 41.4 Å². The van der Waals surface area contributed by atoms with Crippen LogP contribution in [0.2, 0.25) is 5.02 Å². The summed E-state index contributed by atoms with van der Waals surface area (Å²) in [6.07, 6.45) is 4.56. The number of nitrogens with zero attached hydrogens (tertiary/aromatic N) is 1. The second-order valence-electron chi connectivity index (χ2n) is 6.66. The van der Waals surface area contributed by atoms with Crippen LogP contribution in [0, 0.1) is 5.92 Å². The first kappa shape index (κ1) is 17.7. The van der Waals surface area contributed by atoms with Crippen LogP contribution < -0.4 is 5.73 Å². The third kappa shape index (κ3) is 3.79. The number of hydrogen-bond acceptors (Lipinski definition) is 4. The van der Waals surface area contributed by atoms with Crippen LogP contribution >= 0.6 is 11.6 Å². The fourth-order valence-corrected chi connectivity index (χ4v) is 4.16. The van der Waals surface area contributed by atoms with Gasteiger partial charge in [0.05, 0.1) is 0 Å². The van der Waals surface area contributed by atoms with E-state index in [4.69, 9.17) is 22.1 Å². The number of hydrogen-bond donors (Lipinski definition) is 1. The summed E-state index contributed by atoms with van der Waals surface area (Å²) in [7, 11) is 0. The summed E-state index contributed by atoms with van der Waals surface area (Å²) in [5.74, 6) is -1.22. The summed E-state index contributed by atoms with van der Waals surface area (Å²) < 4.78 is 5.00. The first-order valence-corrected chi connectivity index (χ1v) is 8.88. The number of carbonyl (C=O) groups excluding carboxylic acids is 3. The maximum Gasteiger partial charge on any atom is 0.329 e. The second-order valence-corrected chi connectivity index (χ2v) is 7.10. The normalized spacial score (nSPS) is 25.3. The van der Waals surface area contributed by atoms with Crippen LogP contribution in [0.5, 0.6) is 0 Å². The highest BCUT2D eigenvalue weighted by atomic mass is 35.5. The lowest BCUT2D eigenvalue weighted by Crippen LogP contribution is -2.47. The summed E-state index contributed by atoms with van der Waals surface area (Å²) in [6, 6.07) is 6.04. The Kier molecular flexibility index (Phi) is 5.27. The fraction of sp³-hybridized carbons (Fsp3) is 0.500. The molecule has 1 aromatic rings. The Morgan fingerprint density at radius 2 is 2.00 bits per heavy atom. The predicted molar refractivity (Wildman–Crippen MR) is 91.9 cm³/mol. The van der Waals surface area contributed by atoms with Crippen molar-refractivity contribution in [1.82, 2.24) is 4.90 Å². The monoisotopic (exact) mass is 364 g/mol. The van der Waals surface area contributed by atoms with E-state index in [-0.39, 0.29) is 17.9 Å². The van der Waals surface area contributed by atoms with Crippen molar-refractivity contribution < 1.29 is 19.1 Å². The third-order valence-electron chi connectivity index (χ3n) is 5.02. The zero-order valence-corrected chi connectivity index (χ0v) is 14.6. The van der Waals surface area contributed by atoms with Gasteiger partial charge in [0.2, 0.25) is 0 Å². The van der Waals surface area contributed by atoms with E-state index in [2.05, 4.69) is 0 Å². The Bertz CT molecular complexity index is 693. The lowest BCUT2D eigenvalue weighted by atomic mass is 9.84. The number of likely N-dealkylation sites (tertiary alicyclic amines) is 1. The summed E-state index contributed by atoms with van der Waals surface area (Å²) in [5, 5.41) is 0.470. The SMILES string of the molecule is NC(=O)COC(=O)[C@@H]1C[C@@H]2CCCC[C@H]2N1C(=O)c1cccc(Cl)c1. The van der Waals surface area contributed by atoms with Crippen molar-refractivity contribution in [2.45, 2.75) is 44.2 Å². The van der Waals surface area contributed by atoms with Crippen LogP contribution in [-0.2, 0) is 14.3 Å². The van der Waals surface area contributed by atoms with Gasteiger partial charge in [-0.05, 0) is 43.4 Å². The quantitative estimate of drug-likeness (QED) is 0.829. The van der Waals surface area contributed by atoms with Crippen molar-refractivity contribution in [3.63, 3.8) is 0 Å².